The summed E-state index contributed by atoms with van der Waals surface area (Å²) in [7, 11) is 0. The highest BCUT2D eigenvalue weighted by molar-refractivity contribution is 6.12. The first-order valence-corrected chi connectivity index (χ1v) is 6.40. The van der Waals surface area contributed by atoms with Crippen molar-refractivity contribution < 1.29 is 24.3 Å². The van der Waals surface area contributed by atoms with Crippen LogP contribution in [0.3, 0.4) is 0 Å². The number of carboxylic acids is 1. The largest absolute Gasteiger partial charge is 0.477 e. The van der Waals surface area contributed by atoms with Crippen molar-refractivity contribution in [2.24, 2.45) is 0 Å². The van der Waals surface area contributed by atoms with E-state index in [0.717, 1.165) is 18.8 Å². The van der Waals surface area contributed by atoms with Gasteiger partial charge in [0.2, 0.25) is 0 Å². The lowest BCUT2D eigenvalue weighted by molar-refractivity contribution is -0.142. The zero-order chi connectivity index (χ0) is 15.2. The van der Waals surface area contributed by atoms with Crippen LogP contribution in [-0.4, -0.2) is 43.3 Å². The van der Waals surface area contributed by atoms with Crippen LogP contribution in [0, 0.1) is 0 Å². The fourth-order valence-electron chi connectivity index (χ4n) is 1.82. The lowest BCUT2D eigenvalue weighted by Gasteiger charge is -2.28. The number of rotatable bonds is 5. The molecular formula is C14H16N2O5. The van der Waals surface area contributed by atoms with Crippen LogP contribution in [-0.2, 0) is 19.2 Å². The zero-order valence-electron chi connectivity index (χ0n) is 11.4. The summed E-state index contributed by atoms with van der Waals surface area (Å²) in [5.74, 6) is -2.44. The number of hydrogen-bond acceptors (Lipinski definition) is 6. The third kappa shape index (κ3) is 3.96. The Morgan fingerprint density at radius 2 is 1.86 bits per heavy atom. The molecule has 1 aliphatic rings. The van der Waals surface area contributed by atoms with E-state index in [2.05, 4.69) is 21.8 Å². The predicted molar refractivity (Wildman–Crippen MR) is 76.0 cm³/mol. The second kappa shape index (κ2) is 6.76. The van der Waals surface area contributed by atoms with Crippen molar-refractivity contribution in [2.75, 3.05) is 36.7 Å². The number of benzene rings is 1. The number of carbonyl (C=O) groups is 2. The molecule has 0 bridgehead atoms. The Balaban J connectivity index is 1.89. The highest BCUT2D eigenvalue weighted by atomic mass is 16.7. The molecule has 0 atom stereocenters. The molecule has 21 heavy (non-hydrogen) atoms. The van der Waals surface area contributed by atoms with Gasteiger partial charge in [-0.25, -0.2) is 15.1 Å². The standard InChI is InChI=1S/C14H16N2O5/c1-10(13(17)18)14(19)21-15-11-2-4-12(5-3-11)16-6-8-20-9-7-16/h2-5,15H,1,6-9H2,(H,17,18). The number of hydrogen-bond donors (Lipinski definition) is 2. The molecule has 0 saturated carbocycles. The van der Waals surface area contributed by atoms with Crippen LogP contribution in [0.1, 0.15) is 0 Å². The van der Waals surface area contributed by atoms with Crippen LogP contribution in [0.5, 0.6) is 0 Å². The Hall–Kier alpha value is -2.54. The molecule has 112 valence electrons. The summed E-state index contributed by atoms with van der Waals surface area (Å²) < 4.78 is 5.28. The van der Waals surface area contributed by atoms with E-state index in [-0.39, 0.29) is 0 Å². The highest BCUT2D eigenvalue weighted by Gasteiger charge is 2.16. The van der Waals surface area contributed by atoms with Gasteiger partial charge in [-0.1, -0.05) is 6.58 Å². The second-order valence-electron chi connectivity index (χ2n) is 4.42. The molecule has 2 N–H and O–H groups in total. The van der Waals surface area contributed by atoms with Crippen molar-refractivity contribution in [3.63, 3.8) is 0 Å². The van der Waals surface area contributed by atoms with Crippen molar-refractivity contribution in [1.82, 2.24) is 0 Å². The Kier molecular flexibility index (Phi) is 4.78. The monoisotopic (exact) mass is 292 g/mol. The number of aliphatic carboxylic acids is 1. The first-order valence-electron chi connectivity index (χ1n) is 6.40. The molecule has 0 aromatic heterocycles. The Morgan fingerprint density at radius 3 is 2.43 bits per heavy atom. The fraction of sp³-hybridized carbons (Fsp3) is 0.286. The summed E-state index contributed by atoms with van der Waals surface area (Å²) in [6.45, 7) is 6.18. The molecule has 0 radical (unpaired) electrons. The summed E-state index contributed by atoms with van der Waals surface area (Å²) in [5.41, 5.74) is 3.35. The van der Waals surface area contributed by atoms with Crippen LogP contribution in [0.15, 0.2) is 36.4 Å². The molecule has 1 aliphatic heterocycles. The average Bonchev–Trinajstić information content (AvgIpc) is 2.53. The molecule has 7 heteroatoms. The van der Waals surface area contributed by atoms with Crippen molar-refractivity contribution in [3.05, 3.63) is 36.4 Å². The van der Waals surface area contributed by atoms with Gasteiger partial charge in [0.1, 0.15) is 5.57 Å². The lowest BCUT2D eigenvalue weighted by Crippen LogP contribution is -2.36. The fourth-order valence-corrected chi connectivity index (χ4v) is 1.82. The van der Waals surface area contributed by atoms with Crippen molar-refractivity contribution in [3.8, 4) is 0 Å². The number of morpholine rings is 1. The molecule has 2 rings (SSSR count). The van der Waals surface area contributed by atoms with Gasteiger partial charge in [-0.3, -0.25) is 0 Å². The third-order valence-corrected chi connectivity index (χ3v) is 3.01. The minimum Gasteiger partial charge on any atom is -0.477 e. The summed E-state index contributed by atoms with van der Waals surface area (Å²) in [4.78, 5) is 28.6. The lowest BCUT2D eigenvalue weighted by atomic mass is 10.2. The van der Waals surface area contributed by atoms with Crippen LogP contribution in [0.25, 0.3) is 0 Å². The van der Waals surface area contributed by atoms with Gasteiger partial charge in [0.05, 0.1) is 18.9 Å². The molecular weight excluding hydrogens is 276 g/mol. The van der Waals surface area contributed by atoms with Gasteiger partial charge in [0, 0.05) is 18.8 Å². The quantitative estimate of drug-likeness (QED) is 0.363. The summed E-state index contributed by atoms with van der Waals surface area (Å²) in [6.07, 6.45) is 0. The van der Waals surface area contributed by atoms with Crippen molar-refractivity contribution in [1.29, 1.82) is 0 Å². The maximum Gasteiger partial charge on any atom is 0.369 e. The molecule has 0 aliphatic carbocycles. The highest BCUT2D eigenvalue weighted by Crippen LogP contribution is 2.19. The normalized spacial score (nSPS) is 14.4. The topological polar surface area (TPSA) is 88.1 Å². The number of nitrogens with zero attached hydrogens (tertiary/aromatic N) is 1. The van der Waals surface area contributed by atoms with Crippen LogP contribution in [0.2, 0.25) is 0 Å². The summed E-state index contributed by atoms with van der Waals surface area (Å²) in [5, 5.41) is 8.59. The van der Waals surface area contributed by atoms with Crippen LogP contribution >= 0.6 is 0 Å². The minimum absolute atomic E-state index is 0.540. The molecule has 1 aromatic carbocycles. The van der Waals surface area contributed by atoms with Crippen LogP contribution < -0.4 is 10.4 Å². The van der Waals surface area contributed by atoms with E-state index in [1.165, 1.54) is 0 Å². The Labute approximate surface area is 121 Å². The van der Waals surface area contributed by atoms with E-state index in [1.54, 1.807) is 12.1 Å². The van der Waals surface area contributed by atoms with Gasteiger partial charge in [-0.15, -0.1) is 0 Å². The summed E-state index contributed by atoms with van der Waals surface area (Å²) >= 11 is 0. The van der Waals surface area contributed by atoms with E-state index in [1.807, 2.05) is 12.1 Å². The third-order valence-electron chi connectivity index (χ3n) is 3.01. The molecule has 0 unspecified atom stereocenters. The van der Waals surface area contributed by atoms with E-state index >= 15 is 0 Å². The smallest absolute Gasteiger partial charge is 0.369 e. The van der Waals surface area contributed by atoms with E-state index in [9.17, 15) is 9.59 Å². The van der Waals surface area contributed by atoms with Gasteiger partial charge >= 0.3 is 11.9 Å². The van der Waals surface area contributed by atoms with Crippen molar-refractivity contribution >= 4 is 23.3 Å². The van der Waals surface area contributed by atoms with Gasteiger partial charge in [-0.2, -0.15) is 0 Å². The molecule has 1 fully saturated rings. The maximum absolute atomic E-state index is 11.3. The number of ether oxygens (including phenoxy) is 1. The first kappa shape index (κ1) is 14.9. The van der Waals surface area contributed by atoms with E-state index in [0.29, 0.717) is 18.9 Å². The SMILES string of the molecule is C=C(C(=O)O)C(=O)ONc1ccc(N2CCOCC2)cc1. The molecule has 0 spiro atoms. The molecule has 1 saturated heterocycles. The van der Waals surface area contributed by atoms with Gasteiger partial charge in [0.25, 0.3) is 0 Å². The van der Waals surface area contributed by atoms with Crippen LogP contribution in [0.4, 0.5) is 11.4 Å². The summed E-state index contributed by atoms with van der Waals surface area (Å²) in [6, 6.07) is 7.24. The number of nitrogens with one attached hydrogen (secondary N) is 1. The van der Waals surface area contributed by atoms with E-state index in [4.69, 9.17) is 9.84 Å². The van der Waals surface area contributed by atoms with Gasteiger partial charge in [-0.05, 0) is 24.3 Å². The van der Waals surface area contributed by atoms with Crippen molar-refractivity contribution in [2.45, 2.75) is 0 Å². The number of anilines is 2. The Bertz CT molecular complexity index is 535. The van der Waals surface area contributed by atoms with Gasteiger partial charge < -0.3 is 19.6 Å². The predicted octanol–water partition coefficient (Wildman–Crippen LogP) is 1.03. The molecule has 1 aromatic rings. The minimum atomic E-state index is -1.41. The zero-order valence-corrected chi connectivity index (χ0v) is 11.4. The first-order chi connectivity index (χ1) is 10.1. The molecule has 0 amide bonds. The molecule has 7 nitrogen and oxygen atoms in total. The van der Waals surface area contributed by atoms with Gasteiger partial charge in [0.15, 0.2) is 0 Å². The average molecular weight is 292 g/mol. The number of carbonyl (C=O) groups excluding carboxylic acids is 1. The number of carboxylic acid groups (broad SMARTS) is 1. The maximum atomic E-state index is 11.3. The van der Waals surface area contributed by atoms with E-state index < -0.39 is 17.5 Å². The second-order valence-corrected chi connectivity index (χ2v) is 4.42. The Morgan fingerprint density at radius 1 is 1.24 bits per heavy atom. The molecule has 1 heterocycles.